The number of hydrogen-bond donors (Lipinski definition) is 2. The molecule has 1 saturated heterocycles. The first-order valence-electron chi connectivity index (χ1n) is 8.57. The van der Waals surface area contributed by atoms with Crippen molar-refractivity contribution in [2.45, 2.75) is 37.7 Å². The van der Waals surface area contributed by atoms with Crippen molar-refractivity contribution in [1.29, 1.82) is 0 Å². The molecule has 1 aliphatic heterocycles. The average molecular weight is 333 g/mol. The number of aliphatic imine (C=N–C) groups is 1. The van der Waals surface area contributed by atoms with Crippen molar-refractivity contribution in [2.75, 3.05) is 32.7 Å². The van der Waals surface area contributed by atoms with E-state index in [1.165, 1.54) is 19.3 Å². The summed E-state index contributed by atoms with van der Waals surface area (Å²) in [5.74, 6) is 2.33. The van der Waals surface area contributed by atoms with E-state index in [1.54, 1.807) is 14.2 Å². The normalized spacial score (nSPS) is 22.8. The van der Waals surface area contributed by atoms with Gasteiger partial charge in [-0.1, -0.05) is 0 Å². The fourth-order valence-corrected chi connectivity index (χ4v) is 3.53. The summed E-state index contributed by atoms with van der Waals surface area (Å²) in [6.45, 7) is 1.60. The molecule has 0 amide bonds. The van der Waals surface area contributed by atoms with Gasteiger partial charge in [-0.2, -0.15) is 0 Å². The molecule has 1 unspecified atom stereocenters. The molecule has 3 rings (SSSR count). The predicted molar refractivity (Wildman–Crippen MR) is 94.9 cm³/mol. The van der Waals surface area contributed by atoms with Gasteiger partial charge in [0.2, 0.25) is 0 Å². The number of nitrogens with one attached hydrogen (secondary N) is 1. The monoisotopic (exact) mass is 333 g/mol. The molecule has 1 aromatic carbocycles. The number of rotatable bonds is 5. The van der Waals surface area contributed by atoms with E-state index in [2.05, 4.69) is 10.3 Å². The van der Waals surface area contributed by atoms with Gasteiger partial charge in [-0.3, -0.25) is 4.99 Å². The van der Waals surface area contributed by atoms with Crippen LogP contribution in [0.1, 0.15) is 32.1 Å². The number of nitrogens with two attached hydrogens (primary N) is 1. The molecule has 0 bridgehead atoms. The van der Waals surface area contributed by atoms with Gasteiger partial charge in [-0.15, -0.1) is 0 Å². The predicted octanol–water partition coefficient (Wildman–Crippen LogP) is 2.78. The number of hydrogen-bond acceptors (Lipinski definition) is 4. The molecule has 2 fully saturated rings. The van der Waals surface area contributed by atoms with Gasteiger partial charge >= 0.3 is 0 Å². The standard InChI is InChI=1S/C18H27N3O3/c1-22-15-5-4-14(10-16(15)23-2)21-17(19)20-12-13-6-9-24-18(11-13)7-3-8-18/h4-5,10,13H,3,6-9,11-12H2,1-2H3,(H3,19,20,21). The number of guanidine groups is 1. The topological polar surface area (TPSA) is 78.1 Å². The van der Waals surface area contributed by atoms with Crippen molar-refractivity contribution in [3.05, 3.63) is 18.2 Å². The molecule has 132 valence electrons. The Morgan fingerprint density at radius 3 is 2.79 bits per heavy atom. The Labute approximate surface area is 143 Å². The quantitative estimate of drug-likeness (QED) is 0.640. The molecule has 24 heavy (non-hydrogen) atoms. The molecule has 6 nitrogen and oxygen atoms in total. The Bertz CT molecular complexity index is 599. The van der Waals surface area contributed by atoms with Crippen LogP contribution in [0.25, 0.3) is 0 Å². The van der Waals surface area contributed by atoms with Gasteiger partial charge in [0.15, 0.2) is 17.5 Å². The highest BCUT2D eigenvalue weighted by Crippen LogP contribution is 2.44. The summed E-state index contributed by atoms with van der Waals surface area (Å²) in [7, 11) is 3.23. The minimum atomic E-state index is 0.157. The summed E-state index contributed by atoms with van der Waals surface area (Å²) < 4.78 is 16.5. The molecule has 1 spiro atoms. The Morgan fingerprint density at radius 2 is 2.12 bits per heavy atom. The molecule has 0 radical (unpaired) electrons. The zero-order valence-corrected chi connectivity index (χ0v) is 14.5. The Kier molecular flexibility index (Phi) is 5.14. The number of anilines is 1. The van der Waals surface area contributed by atoms with E-state index in [0.29, 0.717) is 23.4 Å². The van der Waals surface area contributed by atoms with Crippen molar-refractivity contribution in [3.8, 4) is 11.5 Å². The van der Waals surface area contributed by atoms with Crippen LogP contribution in [-0.2, 0) is 4.74 Å². The van der Waals surface area contributed by atoms with E-state index in [9.17, 15) is 0 Å². The van der Waals surface area contributed by atoms with E-state index in [4.69, 9.17) is 19.9 Å². The maximum Gasteiger partial charge on any atom is 0.193 e. The summed E-state index contributed by atoms with van der Waals surface area (Å²) in [5.41, 5.74) is 7.02. The SMILES string of the molecule is COc1ccc(NC(N)=NCC2CCOC3(CCC3)C2)cc1OC. The summed E-state index contributed by atoms with van der Waals surface area (Å²) >= 11 is 0. The van der Waals surface area contributed by atoms with Gasteiger partial charge in [0.25, 0.3) is 0 Å². The van der Waals surface area contributed by atoms with Crippen molar-refractivity contribution < 1.29 is 14.2 Å². The third kappa shape index (κ3) is 3.75. The highest BCUT2D eigenvalue weighted by atomic mass is 16.5. The third-order valence-electron chi connectivity index (χ3n) is 5.04. The minimum Gasteiger partial charge on any atom is -0.493 e. The highest BCUT2D eigenvalue weighted by molar-refractivity contribution is 5.92. The number of ether oxygens (including phenoxy) is 3. The van der Waals surface area contributed by atoms with Crippen molar-refractivity contribution in [2.24, 2.45) is 16.6 Å². The van der Waals surface area contributed by atoms with Gasteiger partial charge in [-0.25, -0.2) is 0 Å². The van der Waals surface area contributed by atoms with Crippen LogP contribution in [0.3, 0.4) is 0 Å². The van der Waals surface area contributed by atoms with Crippen LogP contribution in [0, 0.1) is 5.92 Å². The summed E-state index contributed by atoms with van der Waals surface area (Å²) in [5, 5.41) is 3.12. The molecule has 3 N–H and O–H groups in total. The zero-order valence-electron chi connectivity index (χ0n) is 14.5. The van der Waals surface area contributed by atoms with Crippen molar-refractivity contribution in [3.63, 3.8) is 0 Å². The molecule has 1 aromatic rings. The van der Waals surface area contributed by atoms with Crippen LogP contribution in [0.15, 0.2) is 23.2 Å². The number of methoxy groups -OCH3 is 2. The Morgan fingerprint density at radius 1 is 1.33 bits per heavy atom. The first kappa shape index (κ1) is 16.9. The molecular formula is C18H27N3O3. The lowest BCUT2D eigenvalue weighted by Crippen LogP contribution is -2.46. The Balaban J connectivity index is 1.56. The molecule has 1 saturated carbocycles. The van der Waals surface area contributed by atoms with Crippen LogP contribution < -0.4 is 20.5 Å². The van der Waals surface area contributed by atoms with Crippen LogP contribution in [-0.4, -0.2) is 38.9 Å². The summed E-state index contributed by atoms with van der Waals surface area (Å²) in [4.78, 5) is 4.52. The fraction of sp³-hybridized carbons (Fsp3) is 0.611. The van der Waals surface area contributed by atoms with Crippen molar-refractivity contribution >= 4 is 11.6 Å². The van der Waals surface area contributed by atoms with E-state index in [0.717, 1.165) is 31.7 Å². The molecule has 1 heterocycles. The van der Waals surface area contributed by atoms with E-state index in [-0.39, 0.29) is 5.60 Å². The molecule has 0 aromatic heterocycles. The largest absolute Gasteiger partial charge is 0.493 e. The maximum absolute atomic E-state index is 6.03. The second kappa shape index (κ2) is 7.30. The van der Waals surface area contributed by atoms with Gasteiger partial charge in [0.1, 0.15) is 0 Å². The lowest BCUT2D eigenvalue weighted by Gasteiger charge is -2.47. The van der Waals surface area contributed by atoms with Crippen LogP contribution >= 0.6 is 0 Å². The molecular weight excluding hydrogens is 306 g/mol. The van der Waals surface area contributed by atoms with E-state index < -0.39 is 0 Å². The fourth-order valence-electron chi connectivity index (χ4n) is 3.53. The summed E-state index contributed by atoms with van der Waals surface area (Å²) in [6, 6.07) is 5.58. The number of nitrogens with zero attached hydrogens (tertiary/aromatic N) is 1. The number of benzene rings is 1. The van der Waals surface area contributed by atoms with Gasteiger partial charge in [0.05, 0.1) is 19.8 Å². The smallest absolute Gasteiger partial charge is 0.193 e. The average Bonchev–Trinajstić information content (AvgIpc) is 2.58. The maximum atomic E-state index is 6.03. The third-order valence-corrected chi connectivity index (χ3v) is 5.04. The van der Waals surface area contributed by atoms with Crippen molar-refractivity contribution in [1.82, 2.24) is 0 Å². The van der Waals surface area contributed by atoms with Gasteiger partial charge in [-0.05, 0) is 50.2 Å². The minimum absolute atomic E-state index is 0.157. The van der Waals surface area contributed by atoms with Gasteiger partial charge < -0.3 is 25.3 Å². The van der Waals surface area contributed by atoms with Crippen LogP contribution in [0.2, 0.25) is 0 Å². The Hall–Kier alpha value is -1.95. The lowest BCUT2D eigenvalue weighted by molar-refractivity contribution is -0.141. The first-order valence-corrected chi connectivity index (χ1v) is 8.57. The van der Waals surface area contributed by atoms with E-state index >= 15 is 0 Å². The zero-order chi connectivity index (χ0) is 17.0. The summed E-state index contributed by atoms with van der Waals surface area (Å²) in [6.07, 6.45) is 5.87. The molecule has 1 atom stereocenters. The second-order valence-electron chi connectivity index (χ2n) is 6.66. The molecule has 1 aliphatic carbocycles. The second-order valence-corrected chi connectivity index (χ2v) is 6.66. The van der Waals surface area contributed by atoms with Crippen LogP contribution in [0.5, 0.6) is 11.5 Å². The van der Waals surface area contributed by atoms with Gasteiger partial charge in [0, 0.05) is 24.9 Å². The van der Waals surface area contributed by atoms with E-state index in [1.807, 2.05) is 18.2 Å². The molecule has 2 aliphatic rings. The lowest BCUT2D eigenvalue weighted by atomic mass is 9.72. The van der Waals surface area contributed by atoms with Crippen LogP contribution in [0.4, 0.5) is 5.69 Å². The highest BCUT2D eigenvalue weighted by Gasteiger charge is 2.42. The first-order chi connectivity index (χ1) is 11.6. The molecule has 6 heteroatoms.